The summed E-state index contributed by atoms with van der Waals surface area (Å²) in [7, 11) is 0. The van der Waals surface area contributed by atoms with Crippen LogP contribution >= 0.6 is 11.6 Å². The number of carbonyl (C=O) groups is 2. The molecule has 1 fully saturated rings. The van der Waals surface area contributed by atoms with E-state index in [1.54, 1.807) is 18.2 Å². The van der Waals surface area contributed by atoms with Gasteiger partial charge in [0.2, 0.25) is 5.91 Å². The number of aromatic amines is 1. The van der Waals surface area contributed by atoms with Crippen LogP contribution in [0, 0.1) is 5.41 Å². The number of fused-ring (bicyclic) bond motifs is 1. The second-order valence-corrected chi connectivity index (χ2v) is 8.34. The second kappa shape index (κ2) is 8.03. The highest BCUT2D eigenvalue weighted by atomic mass is 35.5. The Kier molecular flexibility index (Phi) is 5.43. The molecule has 0 aliphatic heterocycles. The fraction of sp³-hybridized carbons (Fsp3) is 0.304. The number of aromatic nitrogens is 1. The molecule has 1 amide bonds. The molecule has 6 nitrogen and oxygen atoms in total. The van der Waals surface area contributed by atoms with Crippen LogP contribution in [0.1, 0.15) is 37.9 Å². The molecule has 2 N–H and O–H groups in total. The van der Waals surface area contributed by atoms with E-state index in [1.165, 1.54) is 6.92 Å². The summed E-state index contributed by atoms with van der Waals surface area (Å²) >= 11 is 6.40. The maximum Gasteiger partial charge on any atom is 0.308 e. The van der Waals surface area contributed by atoms with Gasteiger partial charge in [-0.2, -0.15) is 0 Å². The van der Waals surface area contributed by atoms with E-state index >= 15 is 0 Å². The number of ether oxygens (including phenoxy) is 2. The van der Waals surface area contributed by atoms with Gasteiger partial charge in [-0.1, -0.05) is 30.7 Å². The van der Waals surface area contributed by atoms with Crippen molar-refractivity contribution in [3.05, 3.63) is 58.7 Å². The Balaban J connectivity index is 1.43. The Morgan fingerprint density at radius 2 is 2.00 bits per heavy atom. The number of hydrogen-bond donors (Lipinski definition) is 2. The highest BCUT2D eigenvalue weighted by molar-refractivity contribution is 6.32. The van der Waals surface area contributed by atoms with E-state index in [1.807, 2.05) is 31.2 Å². The predicted molar refractivity (Wildman–Crippen MR) is 115 cm³/mol. The molecule has 0 unspecified atom stereocenters. The SMILES string of the molecule is CC(=O)Oc1cccc(COc2cc3[nH]c(CNC(=O)C4(C)CC4)cc3cc2Cl)c1. The lowest BCUT2D eigenvalue weighted by Gasteiger charge is -2.09. The molecule has 3 aromatic rings. The Morgan fingerprint density at radius 1 is 1.20 bits per heavy atom. The zero-order chi connectivity index (χ0) is 21.3. The minimum Gasteiger partial charge on any atom is -0.487 e. The number of amides is 1. The number of rotatable bonds is 7. The van der Waals surface area contributed by atoms with Crippen molar-refractivity contribution in [3.8, 4) is 11.5 Å². The molecule has 4 rings (SSSR count). The van der Waals surface area contributed by atoms with Gasteiger partial charge in [-0.3, -0.25) is 9.59 Å². The number of halogens is 1. The third kappa shape index (κ3) is 4.60. The van der Waals surface area contributed by atoms with Gasteiger partial charge in [-0.25, -0.2) is 0 Å². The topological polar surface area (TPSA) is 80.4 Å². The summed E-state index contributed by atoms with van der Waals surface area (Å²) in [5.74, 6) is 0.747. The molecule has 1 aromatic heterocycles. The first-order chi connectivity index (χ1) is 14.3. The van der Waals surface area contributed by atoms with Crippen molar-refractivity contribution in [2.24, 2.45) is 5.41 Å². The van der Waals surface area contributed by atoms with Gasteiger partial charge in [-0.05, 0) is 42.7 Å². The van der Waals surface area contributed by atoms with Gasteiger partial charge in [0.1, 0.15) is 18.1 Å². The van der Waals surface area contributed by atoms with E-state index in [0.717, 1.165) is 35.0 Å². The van der Waals surface area contributed by atoms with Crippen LogP contribution in [0.2, 0.25) is 5.02 Å². The van der Waals surface area contributed by atoms with Gasteiger partial charge < -0.3 is 19.8 Å². The van der Waals surface area contributed by atoms with Crippen LogP contribution in [0.5, 0.6) is 11.5 Å². The molecule has 0 radical (unpaired) electrons. The number of H-pyrrole nitrogens is 1. The van der Waals surface area contributed by atoms with E-state index in [-0.39, 0.29) is 23.9 Å². The number of carbonyl (C=O) groups excluding carboxylic acids is 2. The Labute approximate surface area is 179 Å². The molecule has 0 spiro atoms. The minimum absolute atomic E-state index is 0.0965. The molecule has 7 heteroatoms. The van der Waals surface area contributed by atoms with Gasteiger partial charge >= 0.3 is 5.97 Å². The quantitative estimate of drug-likeness (QED) is 0.422. The molecule has 0 atom stereocenters. The molecule has 1 heterocycles. The van der Waals surface area contributed by atoms with Crippen molar-refractivity contribution < 1.29 is 19.1 Å². The van der Waals surface area contributed by atoms with E-state index in [9.17, 15) is 9.59 Å². The molecular weight excluding hydrogens is 404 g/mol. The van der Waals surface area contributed by atoms with Crippen LogP contribution < -0.4 is 14.8 Å². The van der Waals surface area contributed by atoms with E-state index in [4.69, 9.17) is 21.1 Å². The second-order valence-electron chi connectivity index (χ2n) is 7.94. The molecule has 1 saturated carbocycles. The average Bonchev–Trinajstić information content (AvgIpc) is 3.33. The van der Waals surface area contributed by atoms with Crippen LogP contribution in [0.15, 0.2) is 42.5 Å². The third-order valence-electron chi connectivity index (χ3n) is 5.27. The Morgan fingerprint density at radius 3 is 2.73 bits per heavy atom. The largest absolute Gasteiger partial charge is 0.487 e. The Hall–Kier alpha value is -2.99. The smallest absolute Gasteiger partial charge is 0.308 e. The average molecular weight is 427 g/mol. The standard InChI is InChI=1S/C23H23ClN2O4/c1-14(27)30-18-5-3-4-15(8-18)13-29-21-11-20-16(10-19(21)24)9-17(26-20)12-25-22(28)23(2)6-7-23/h3-5,8-11,26H,6-7,12-13H2,1-2H3,(H,25,28). The van der Waals surface area contributed by atoms with Gasteiger partial charge in [0.25, 0.3) is 0 Å². The summed E-state index contributed by atoms with van der Waals surface area (Å²) in [6, 6.07) is 12.8. The van der Waals surface area contributed by atoms with Crippen molar-refractivity contribution in [2.45, 2.75) is 39.8 Å². The van der Waals surface area contributed by atoms with Crippen LogP contribution in [0.4, 0.5) is 0 Å². The highest BCUT2D eigenvalue weighted by Gasteiger charge is 2.44. The first kappa shape index (κ1) is 20.3. The zero-order valence-electron chi connectivity index (χ0n) is 16.9. The summed E-state index contributed by atoms with van der Waals surface area (Å²) in [4.78, 5) is 26.6. The lowest BCUT2D eigenvalue weighted by molar-refractivity contribution is -0.132. The van der Waals surface area contributed by atoms with Crippen LogP contribution in [0.3, 0.4) is 0 Å². The van der Waals surface area contributed by atoms with Crippen molar-refractivity contribution in [2.75, 3.05) is 0 Å². The normalized spacial score (nSPS) is 14.4. The Bertz CT molecular complexity index is 1120. The maximum atomic E-state index is 12.1. The lowest BCUT2D eigenvalue weighted by atomic mass is 10.1. The number of esters is 1. The summed E-state index contributed by atoms with van der Waals surface area (Å²) < 4.78 is 11.0. The molecule has 1 aliphatic rings. The zero-order valence-corrected chi connectivity index (χ0v) is 17.6. The van der Waals surface area contributed by atoms with Crippen molar-refractivity contribution in [1.29, 1.82) is 0 Å². The van der Waals surface area contributed by atoms with Crippen molar-refractivity contribution >= 4 is 34.4 Å². The predicted octanol–water partition coefficient (Wildman–Crippen LogP) is 4.74. The number of hydrogen-bond acceptors (Lipinski definition) is 4. The van der Waals surface area contributed by atoms with E-state index in [0.29, 0.717) is 23.1 Å². The molecule has 0 bridgehead atoms. The molecule has 2 aromatic carbocycles. The highest BCUT2D eigenvalue weighted by Crippen LogP contribution is 2.45. The van der Waals surface area contributed by atoms with Gasteiger partial charge in [0, 0.05) is 35.0 Å². The summed E-state index contributed by atoms with van der Waals surface area (Å²) in [5, 5.41) is 4.44. The minimum atomic E-state index is -0.369. The maximum absolute atomic E-state index is 12.1. The molecular formula is C23H23ClN2O4. The summed E-state index contributed by atoms with van der Waals surface area (Å²) in [5.41, 5.74) is 2.45. The van der Waals surface area contributed by atoms with Crippen LogP contribution in [0.25, 0.3) is 10.9 Å². The number of benzene rings is 2. The number of nitrogens with one attached hydrogen (secondary N) is 2. The van der Waals surface area contributed by atoms with Gasteiger partial charge in [-0.15, -0.1) is 0 Å². The fourth-order valence-electron chi connectivity index (χ4n) is 3.23. The van der Waals surface area contributed by atoms with Crippen molar-refractivity contribution in [3.63, 3.8) is 0 Å². The molecule has 0 saturated heterocycles. The molecule has 1 aliphatic carbocycles. The van der Waals surface area contributed by atoms with E-state index in [2.05, 4.69) is 10.3 Å². The first-order valence-electron chi connectivity index (χ1n) is 9.82. The summed E-state index contributed by atoms with van der Waals surface area (Å²) in [6.07, 6.45) is 1.90. The lowest BCUT2D eigenvalue weighted by Crippen LogP contribution is -2.29. The molecule has 30 heavy (non-hydrogen) atoms. The van der Waals surface area contributed by atoms with E-state index < -0.39 is 0 Å². The first-order valence-corrected chi connectivity index (χ1v) is 10.2. The van der Waals surface area contributed by atoms with Crippen LogP contribution in [-0.2, 0) is 22.7 Å². The van der Waals surface area contributed by atoms with Crippen molar-refractivity contribution in [1.82, 2.24) is 10.3 Å². The monoisotopic (exact) mass is 426 g/mol. The third-order valence-corrected chi connectivity index (χ3v) is 5.57. The summed E-state index contributed by atoms with van der Waals surface area (Å²) in [6.45, 7) is 4.07. The van der Waals surface area contributed by atoms with Gasteiger partial charge in [0.05, 0.1) is 11.6 Å². The van der Waals surface area contributed by atoms with Gasteiger partial charge in [0.15, 0.2) is 0 Å². The molecule has 156 valence electrons. The van der Waals surface area contributed by atoms with Crippen LogP contribution in [-0.4, -0.2) is 16.9 Å². The fourth-order valence-corrected chi connectivity index (χ4v) is 3.45.